The smallest absolute Gasteiger partial charge is 0.191 e. The van der Waals surface area contributed by atoms with Crippen LogP contribution in [0.2, 0.25) is 0 Å². The van der Waals surface area contributed by atoms with Gasteiger partial charge in [-0.05, 0) is 26.0 Å². The molecule has 0 unspecified atom stereocenters. The monoisotopic (exact) mass is 283 g/mol. The molecule has 3 nitrogen and oxygen atoms in total. The third kappa shape index (κ3) is 2.96. The number of aryl methyl sites for hydroxylation is 2. The molecule has 0 fully saturated rings. The third-order valence-electron chi connectivity index (χ3n) is 2.57. The SMILES string of the molecule is Cc1nc(COc2c(F)cc(C=O)cc2F)sc1C. The van der Waals surface area contributed by atoms with E-state index in [4.69, 9.17) is 4.74 Å². The number of hydrogen-bond donors (Lipinski definition) is 0. The van der Waals surface area contributed by atoms with Crippen molar-refractivity contribution >= 4 is 17.6 Å². The van der Waals surface area contributed by atoms with Crippen molar-refractivity contribution in [3.63, 3.8) is 0 Å². The van der Waals surface area contributed by atoms with Crippen molar-refractivity contribution < 1.29 is 18.3 Å². The van der Waals surface area contributed by atoms with E-state index >= 15 is 0 Å². The molecule has 0 bridgehead atoms. The molecule has 2 rings (SSSR count). The molecule has 2 aromatic rings. The van der Waals surface area contributed by atoms with E-state index in [0.29, 0.717) is 11.3 Å². The van der Waals surface area contributed by atoms with Gasteiger partial charge in [-0.3, -0.25) is 4.79 Å². The van der Waals surface area contributed by atoms with Crippen molar-refractivity contribution in [2.45, 2.75) is 20.5 Å². The Bertz CT molecular complexity index is 583. The molecule has 19 heavy (non-hydrogen) atoms. The molecular weight excluding hydrogens is 272 g/mol. The van der Waals surface area contributed by atoms with Crippen LogP contribution in [0.25, 0.3) is 0 Å². The number of carbonyl (C=O) groups excluding carboxylic acids is 1. The van der Waals surface area contributed by atoms with Crippen LogP contribution >= 0.6 is 11.3 Å². The molecule has 6 heteroatoms. The fraction of sp³-hybridized carbons (Fsp3) is 0.231. The van der Waals surface area contributed by atoms with Gasteiger partial charge in [0.2, 0.25) is 0 Å². The number of benzene rings is 1. The van der Waals surface area contributed by atoms with Crippen molar-refractivity contribution in [1.82, 2.24) is 4.98 Å². The molecule has 1 aromatic heterocycles. The van der Waals surface area contributed by atoms with E-state index in [9.17, 15) is 13.6 Å². The molecular formula is C13H11F2NO2S. The zero-order valence-electron chi connectivity index (χ0n) is 10.4. The highest BCUT2D eigenvalue weighted by Gasteiger charge is 2.14. The zero-order valence-corrected chi connectivity index (χ0v) is 11.2. The van der Waals surface area contributed by atoms with Crippen LogP contribution in [0.4, 0.5) is 8.78 Å². The van der Waals surface area contributed by atoms with E-state index in [1.165, 1.54) is 11.3 Å². The molecule has 0 radical (unpaired) electrons. The van der Waals surface area contributed by atoms with Crippen molar-refractivity contribution in [3.05, 3.63) is 44.9 Å². The number of nitrogens with zero attached hydrogens (tertiary/aromatic N) is 1. The van der Waals surface area contributed by atoms with E-state index in [1.807, 2.05) is 13.8 Å². The van der Waals surface area contributed by atoms with Gasteiger partial charge in [0, 0.05) is 10.4 Å². The second kappa shape index (κ2) is 5.44. The van der Waals surface area contributed by atoms with E-state index < -0.39 is 17.4 Å². The Morgan fingerprint density at radius 3 is 2.42 bits per heavy atom. The minimum absolute atomic E-state index is 0.00633. The predicted molar refractivity (Wildman–Crippen MR) is 67.7 cm³/mol. The van der Waals surface area contributed by atoms with Gasteiger partial charge in [0.1, 0.15) is 17.9 Å². The normalized spacial score (nSPS) is 10.5. The molecule has 0 aliphatic heterocycles. The molecule has 0 N–H and O–H groups in total. The fourth-order valence-corrected chi connectivity index (χ4v) is 2.37. The number of halogens is 2. The Kier molecular flexibility index (Phi) is 3.90. The van der Waals surface area contributed by atoms with Crippen molar-refractivity contribution in [2.75, 3.05) is 0 Å². The summed E-state index contributed by atoms with van der Waals surface area (Å²) in [5.74, 6) is -2.28. The van der Waals surface area contributed by atoms with Gasteiger partial charge in [-0.2, -0.15) is 0 Å². The van der Waals surface area contributed by atoms with Crippen LogP contribution in [0, 0.1) is 25.5 Å². The van der Waals surface area contributed by atoms with Crippen LogP contribution in [-0.4, -0.2) is 11.3 Å². The number of ether oxygens (including phenoxy) is 1. The van der Waals surface area contributed by atoms with E-state index in [-0.39, 0.29) is 12.2 Å². The van der Waals surface area contributed by atoms with Gasteiger partial charge in [-0.25, -0.2) is 13.8 Å². The van der Waals surface area contributed by atoms with Gasteiger partial charge in [-0.15, -0.1) is 11.3 Å². The molecule has 0 aliphatic carbocycles. The molecule has 0 amide bonds. The molecule has 0 aliphatic rings. The Balaban J connectivity index is 2.17. The predicted octanol–water partition coefficient (Wildman–Crippen LogP) is 3.43. The fourth-order valence-electron chi connectivity index (χ4n) is 1.52. The van der Waals surface area contributed by atoms with Crippen molar-refractivity contribution in [3.8, 4) is 5.75 Å². The largest absolute Gasteiger partial charge is 0.480 e. The summed E-state index contributed by atoms with van der Waals surface area (Å²) in [6, 6.07) is 1.87. The third-order valence-corrected chi connectivity index (χ3v) is 3.62. The van der Waals surface area contributed by atoms with Crippen LogP contribution in [0.15, 0.2) is 12.1 Å². The summed E-state index contributed by atoms with van der Waals surface area (Å²) in [6.45, 7) is 3.76. The molecule has 1 heterocycles. The average molecular weight is 283 g/mol. The van der Waals surface area contributed by atoms with Crippen LogP contribution in [-0.2, 0) is 6.61 Å². The topological polar surface area (TPSA) is 39.2 Å². The lowest BCUT2D eigenvalue weighted by Crippen LogP contribution is -2.01. The summed E-state index contributed by atoms with van der Waals surface area (Å²) in [6.07, 6.45) is 0.378. The number of rotatable bonds is 4. The van der Waals surface area contributed by atoms with Crippen LogP contribution in [0.3, 0.4) is 0 Å². The maximum atomic E-state index is 13.5. The Morgan fingerprint density at radius 1 is 1.32 bits per heavy atom. The van der Waals surface area contributed by atoms with Gasteiger partial charge in [0.05, 0.1) is 5.69 Å². The quantitative estimate of drug-likeness (QED) is 0.807. The summed E-state index contributed by atoms with van der Waals surface area (Å²) in [4.78, 5) is 15.7. The summed E-state index contributed by atoms with van der Waals surface area (Å²) >= 11 is 1.42. The minimum Gasteiger partial charge on any atom is -0.480 e. The van der Waals surface area contributed by atoms with Crippen LogP contribution < -0.4 is 4.74 Å². The average Bonchev–Trinajstić information content (AvgIpc) is 2.67. The maximum absolute atomic E-state index is 13.5. The first kappa shape index (κ1) is 13.6. The van der Waals surface area contributed by atoms with E-state index in [2.05, 4.69) is 4.98 Å². The Labute approximate surface area is 112 Å². The lowest BCUT2D eigenvalue weighted by atomic mass is 10.2. The maximum Gasteiger partial charge on any atom is 0.191 e. The van der Waals surface area contributed by atoms with Crippen LogP contribution in [0.1, 0.15) is 25.9 Å². The first-order valence-corrected chi connectivity index (χ1v) is 6.33. The number of carbonyl (C=O) groups is 1. The lowest BCUT2D eigenvalue weighted by Gasteiger charge is -2.07. The minimum atomic E-state index is -0.896. The van der Waals surface area contributed by atoms with Gasteiger partial charge >= 0.3 is 0 Å². The second-order valence-electron chi connectivity index (χ2n) is 3.97. The first-order valence-electron chi connectivity index (χ1n) is 5.51. The van der Waals surface area contributed by atoms with Gasteiger partial charge < -0.3 is 4.74 Å². The van der Waals surface area contributed by atoms with Crippen molar-refractivity contribution in [1.29, 1.82) is 0 Å². The summed E-state index contributed by atoms with van der Waals surface area (Å²) in [5, 5.41) is 0.647. The van der Waals surface area contributed by atoms with Gasteiger partial charge in [0.25, 0.3) is 0 Å². The Morgan fingerprint density at radius 2 is 1.95 bits per heavy atom. The molecule has 0 spiro atoms. The number of aldehydes is 1. The van der Waals surface area contributed by atoms with Crippen LogP contribution in [0.5, 0.6) is 5.75 Å². The number of aromatic nitrogens is 1. The van der Waals surface area contributed by atoms with Gasteiger partial charge in [-0.1, -0.05) is 0 Å². The number of hydrogen-bond acceptors (Lipinski definition) is 4. The Hall–Kier alpha value is -1.82. The highest BCUT2D eigenvalue weighted by molar-refractivity contribution is 7.11. The summed E-state index contributed by atoms with van der Waals surface area (Å²) in [5.41, 5.74) is 0.809. The highest BCUT2D eigenvalue weighted by atomic mass is 32.1. The molecule has 0 saturated carbocycles. The molecule has 100 valence electrons. The first-order chi connectivity index (χ1) is 9.01. The molecule has 0 saturated heterocycles. The van der Waals surface area contributed by atoms with E-state index in [0.717, 1.165) is 22.7 Å². The van der Waals surface area contributed by atoms with E-state index in [1.54, 1.807) is 0 Å². The number of thiazole rings is 1. The molecule has 0 atom stereocenters. The summed E-state index contributed by atoms with van der Waals surface area (Å²) in [7, 11) is 0. The second-order valence-corrected chi connectivity index (χ2v) is 5.26. The summed E-state index contributed by atoms with van der Waals surface area (Å²) < 4.78 is 32.2. The highest BCUT2D eigenvalue weighted by Crippen LogP contribution is 2.25. The van der Waals surface area contributed by atoms with Crippen molar-refractivity contribution in [2.24, 2.45) is 0 Å². The van der Waals surface area contributed by atoms with Gasteiger partial charge in [0.15, 0.2) is 17.4 Å². The standard InChI is InChI=1S/C13H11F2NO2S/c1-7-8(2)19-12(16-7)6-18-13-10(14)3-9(5-17)4-11(13)15/h3-5H,6H2,1-2H3. The molecule has 1 aromatic carbocycles. The lowest BCUT2D eigenvalue weighted by molar-refractivity contribution is 0.112. The zero-order chi connectivity index (χ0) is 14.0.